The molecule has 8 heteroatoms. The number of ether oxygens (including phenoxy) is 1. The lowest BCUT2D eigenvalue weighted by atomic mass is 10.1. The van der Waals surface area contributed by atoms with E-state index in [0.29, 0.717) is 17.8 Å². The Morgan fingerprint density at radius 2 is 1.59 bits per heavy atom. The molecule has 1 aromatic carbocycles. The third-order valence-corrected chi connectivity index (χ3v) is 7.50. The van der Waals surface area contributed by atoms with E-state index >= 15 is 0 Å². The third kappa shape index (κ3) is 4.19. The first-order chi connectivity index (χ1) is 15.4. The third-order valence-electron chi connectivity index (χ3n) is 6.50. The summed E-state index contributed by atoms with van der Waals surface area (Å²) in [6.45, 7) is 4.83. The lowest BCUT2D eigenvalue weighted by Crippen LogP contribution is -2.27. The summed E-state index contributed by atoms with van der Waals surface area (Å²) in [6, 6.07) is 11.2. The molecule has 0 spiro atoms. The topological polar surface area (TPSA) is 85.3 Å². The van der Waals surface area contributed by atoms with Crippen LogP contribution in [0.3, 0.4) is 0 Å². The van der Waals surface area contributed by atoms with Crippen molar-refractivity contribution in [1.82, 2.24) is 15.0 Å². The standard InChI is InChI=1S/C24H26N4O3S/c1-3-16-10-26-24(27-11-16)28-13-20-21(14-28)22(20)15-31-19-7-4-17(5-8-19)18-6-9-23(25-12-18)32(2,29)30/h4-12,20-22H,3,13-15H2,1-2H3. The summed E-state index contributed by atoms with van der Waals surface area (Å²) in [4.78, 5) is 15.3. The Bertz CT molecular complexity index is 1180. The molecule has 5 rings (SSSR count). The largest absolute Gasteiger partial charge is 0.493 e. The van der Waals surface area contributed by atoms with Gasteiger partial charge in [-0.25, -0.2) is 23.4 Å². The lowest BCUT2D eigenvalue weighted by Gasteiger charge is -2.19. The van der Waals surface area contributed by atoms with Crippen molar-refractivity contribution in [1.29, 1.82) is 0 Å². The Balaban J connectivity index is 1.13. The molecule has 0 N–H and O–H groups in total. The average molecular weight is 451 g/mol. The van der Waals surface area contributed by atoms with Gasteiger partial charge in [0.1, 0.15) is 5.75 Å². The van der Waals surface area contributed by atoms with E-state index in [4.69, 9.17) is 4.74 Å². The van der Waals surface area contributed by atoms with E-state index in [9.17, 15) is 8.42 Å². The zero-order valence-electron chi connectivity index (χ0n) is 18.2. The van der Waals surface area contributed by atoms with Gasteiger partial charge in [-0.05, 0) is 53.6 Å². The van der Waals surface area contributed by atoms with Crippen LogP contribution in [0.2, 0.25) is 0 Å². The fourth-order valence-electron chi connectivity index (χ4n) is 4.46. The van der Waals surface area contributed by atoms with Gasteiger partial charge >= 0.3 is 0 Å². The highest BCUT2D eigenvalue weighted by molar-refractivity contribution is 7.90. The number of rotatable bonds is 7. The van der Waals surface area contributed by atoms with Crippen LogP contribution in [0.1, 0.15) is 12.5 Å². The van der Waals surface area contributed by atoms with Crippen LogP contribution in [0.25, 0.3) is 11.1 Å². The Labute approximate surface area is 188 Å². The second-order valence-electron chi connectivity index (χ2n) is 8.63. The summed E-state index contributed by atoms with van der Waals surface area (Å²) in [5.41, 5.74) is 3.01. The Morgan fingerprint density at radius 1 is 0.938 bits per heavy atom. The van der Waals surface area contributed by atoms with Crippen molar-refractivity contribution in [2.45, 2.75) is 18.4 Å². The van der Waals surface area contributed by atoms with E-state index in [0.717, 1.165) is 60.8 Å². The molecule has 0 radical (unpaired) electrons. The Hall–Kier alpha value is -3.00. The predicted molar refractivity (Wildman–Crippen MR) is 122 cm³/mol. The van der Waals surface area contributed by atoms with Crippen LogP contribution < -0.4 is 9.64 Å². The zero-order valence-corrected chi connectivity index (χ0v) is 19.0. The Kier molecular flexibility index (Phi) is 5.33. The first kappa shape index (κ1) is 20.9. The minimum atomic E-state index is -3.29. The van der Waals surface area contributed by atoms with Crippen LogP contribution in [-0.2, 0) is 16.3 Å². The molecule has 2 aliphatic rings. The van der Waals surface area contributed by atoms with Crippen molar-refractivity contribution in [2.75, 3.05) is 30.9 Å². The molecule has 32 heavy (non-hydrogen) atoms. The average Bonchev–Trinajstić information content (AvgIpc) is 3.26. The van der Waals surface area contributed by atoms with E-state index in [1.54, 1.807) is 12.3 Å². The molecule has 1 saturated heterocycles. The molecule has 2 aromatic heterocycles. The van der Waals surface area contributed by atoms with E-state index < -0.39 is 9.84 Å². The van der Waals surface area contributed by atoms with Gasteiger partial charge in [0.15, 0.2) is 14.9 Å². The summed E-state index contributed by atoms with van der Waals surface area (Å²) in [7, 11) is -3.29. The molecule has 3 aromatic rings. The van der Waals surface area contributed by atoms with E-state index in [2.05, 4.69) is 26.8 Å². The predicted octanol–water partition coefficient (Wildman–Crippen LogP) is 3.27. The monoisotopic (exact) mass is 450 g/mol. The molecule has 0 bridgehead atoms. The van der Waals surface area contributed by atoms with Gasteiger partial charge in [-0.15, -0.1) is 0 Å². The number of anilines is 1. The number of aromatic nitrogens is 3. The van der Waals surface area contributed by atoms with Crippen molar-refractivity contribution >= 4 is 15.8 Å². The van der Waals surface area contributed by atoms with Crippen LogP contribution >= 0.6 is 0 Å². The van der Waals surface area contributed by atoms with Gasteiger partial charge in [-0.1, -0.05) is 19.1 Å². The Morgan fingerprint density at radius 3 is 2.16 bits per heavy atom. The molecule has 1 aliphatic carbocycles. The number of hydrogen-bond acceptors (Lipinski definition) is 7. The van der Waals surface area contributed by atoms with Gasteiger partial charge in [0.2, 0.25) is 5.95 Å². The van der Waals surface area contributed by atoms with Gasteiger partial charge in [0.05, 0.1) is 6.61 Å². The summed E-state index contributed by atoms with van der Waals surface area (Å²) in [6.07, 6.45) is 7.55. The molecule has 7 nitrogen and oxygen atoms in total. The number of piperidine rings is 1. The molecule has 2 unspecified atom stereocenters. The maximum Gasteiger partial charge on any atom is 0.225 e. The minimum Gasteiger partial charge on any atom is -0.493 e. The number of pyridine rings is 1. The molecular weight excluding hydrogens is 424 g/mol. The van der Waals surface area contributed by atoms with Gasteiger partial charge in [0.25, 0.3) is 0 Å². The SMILES string of the molecule is CCc1cnc(N2CC3C(COc4ccc(-c5ccc(S(C)(=O)=O)nc5)cc4)C3C2)nc1. The van der Waals surface area contributed by atoms with Crippen LogP contribution in [-0.4, -0.2) is 49.3 Å². The fraction of sp³-hybridized carbons (Fsp3) is 0.375. The van der Waals surface area contributed by atoms with Crippen LogP contribution in [0, 0.1) is 17.8 Å². The molecule has 2 atom stereocenters. The summed E-state index contributed by atoms with van der Waals surface area (Å²) < 4.78 is 29.2. The van der Waals surface area contributed by atoms with Crippen LogP contribution in [0.4, 0.5) is 5.95 Å². The number of aryl methyl sites for hydroxylation is 1. The number of fused-ring (bicyclic) bond motifs is 1. The first-order valence-corrected chi connectivity index (χ1v) is 12.8. The van der Waals surface area contributed by atoms with Gasteiger partial charge in [-0.3, -0.25) is 0 Å². The molecule has 3 heterocycles. The highest BCUT2D eigenvalue weighted by Gasteiger charge is 2.56. The van der Waals surface area contributed by atoms with E-state index in [1.165, 1.54) is 6.07 Å². The van der Waals surface area contributed by atoms with Gasteiger partial charge in [-0.2, -0.15) is 0 Å². The number of nitrogens with zero attached hydrogens (tertiary/aromatic N) is 4. The second-order valence-corrected chi connectivity index (χ2v) is 10.6. The second kappa shape index (κ2) is 8.16. The number of sulfone groups is 1. The van der Waals surface area contributed by atoms with Gasteiger partial charge in [0, 0.05) is 49.4 Å². The zero-order chi connectivity index (χ0) is 22.3. The van der Waals surface area contributed by atoms with Crippen molar-refractivity contribution in [3.8, 4) is 16.9 Å². The highest BCUT2D eigenvalue weighted by Crippen LogP contribution is 2.52. The van der Waals surface area contributed by atoms with Crippen molar-refractivity contribution in [2.24, 2.45) is 17.8 Å². The number of hydrogen-bond donors (Lipinski definition) is 0. The molecule has 166 valence electrons. The van der Waals surface area contributed by atoms with E-state index in [-0.39, 0.29) is 5.03 Å². The first-order valence-electron chi connectivity index (χ1n) is 10.9. The van der Waals surface area contributed by atoms with Crippen LogP contribution in [0.15, 0.2) is 60.0 Å². The molecule has 1 saturated carbocycles. The van der Waals surface area contributed by atoms with E-state index in [1.807, 2.05) is 36.7 Å². The van der Waals surface area contributed by atoms with Crippen LogP contribution in [0.5, 0.6) is 5.75 Å². The maximum absolute atomic E-state index is 11.6. The molecular formula is C24H26N4O3S. The molecule has 2 fully saturated rings. The fourth-order valence-corrected chi connectivity index (χ4v) is 5.02. The smallest absolute Gasteiger partial charge is 0.225 e. The van der Waals surface area contributed by atoms with Crippen molar-refractivity contribution in [3.05, 3.63) is 60.6 Å². The van der Waals surface area contributed by atoms with Gasteiger partial charge < -0.3 is 9.64 Å². The quantitative estimate of drug-likeness (QED) is 0.546. The number of benzene rings is 1. The molecule has 1 aliphatic heterocycles. The normalized spacial score (nSPS) is 21.9. The highest BCUT2D eigenvalue weighted by atomic mass is 32.2. The minimum absolute atomic E-state index is 0.0827. The summed E-state index contributed by atoms with van der Waals surface area (Å²) >= 11 is 0. The van der Waals surface area contributed by atoms with Crippen molar-refractivity contribution in [3.63, 3.8) is 0 Å². The van der Waals surface area contributed by atoms with Crippen molar-refractivity contribution < 1.29 is 13.2 Å². The maximum atomic E-state index is 11.6. The summed E-state index contributed by atoms with van der Waals surface area (Å²) in [5, 5.41) is 0.0827. The lowest BCUT2D eigenvalue weighted by molar-refractivity contribution is 0.283. The summed E-state index contributed by atoms with van der Waals surface area (Å²) in [5.74, 6) is 3.58. The molecule has 0 amide bonds.